The van der Waals surface area contributed by atoms with E-state index in [0.29, 0.717) is 5.92 Å². The summed E-state index contributed by atoms with van der Waals surface area (Å²) in [6, 6.07) is 17.4. The Morgan fingerprint density at radius 1 is 0.913 bits per heavy atom. The molecule has 0 fully saturated rings. The van der Waals surface area contributed by atoms with Gasteiger partial charge >= 0.3 is 0 Å². The van der Waals surface area contributed by atoms with E-state index in [1.54, 1.807) is 0 Å². The third-order valence-electron chi connectivity index (χ3n) is 4.31. The molecule has 0 saturated heterocycles. The Hall–Kier alpha value is -2.15. The van der Waals surface area contributed by atoms with Gasteiger partial charge in [-0.25, -0.2) is 0 Å². The van der Waals surface area contributed by atoms with Crippen LogP contribution in [-0.4, -0.2) is 11.3 Å². The van der Waals surface area contributed by atoms with Crippen molar-refractivity contribution in [2.75, 3.05) is 0 Å². The summed E-state index contributed by atoms with van der Waals surface area (Å²) in [7, 11) is 0. The van der Waals surface area contributed by atoms with Crippen molar-refractivity contribution in [2.24, 2.45) is 4.99 Å². The molecule has 3 rings (SSSR count). The Labute approximate surface area is 139 Å². The van der Waals surface area contributed by atoms with Crippen LogP contribution in [0.5, 0.6) is 0 Å². The van der Waals surface area contributed by atoms with Crippen LogP contribution in [0.4, 0.5) is 0 Å². The van der Waals surface area contributed by atoms with Crippen molar-refractivity contribution in [3.05, 3.63) is 76.4 Å². The van der Waals surface area contributed by atoms with Crippen LogP contribution < -0.4 is 0 Å². The fourth-order valence-electron chi connectivity index (χ4n) is 3.53. The molecule has 0 aromatic heterocycles. The van der Waals surface area contributed by atoms with Crippen LogP contribution in [0.3, 0.4) is 0 Å². The predicted molar refractivity (Wildman–Crippen MR) is 100 cm³/mol. The summed E-state index contributed by atoms with van der Waals surface area (Å²) < 4.78 is 0. The first-order valence-electron chi connectivity index (χ1n) is 8.30. The SMILES string of the molecule is CC1=Cc2ccccc2C1c1ccccc1/C(C)=N/C(C)(C)C. The molecule has 1 aliphatic carbocycles. The van der Waals surface area contributed by atoms with Gasteiger partial charge in [-0.05, 0) is 56.9 Å². The highest BCUT2D eigenvalue weighted by Gasteiger charge is 2.26. The first kappa shape index (κ1) is 15.7. The molecule has 0 amide bonds. The van der Waals surface area contributed by atoms with Crippen LogP contribution in [0, 0.1) is 0 Å². The second kappa shape index (κ2) is 5.81. The summed E-state index contributed by atoms with van der Waals surface area (Å²) in [6.45, 7) is 10.8. The number of fused-ring (bicyclic) bond motifs is 1. The summed E-state index contributed by atoms with van der Waals surface area (Å²) in [5, 5.41) is 0. The largest absolute Gasteiger partial charge is 0.284 e. The second-order valence-electron chi connectivity index (χ2n) is 7.41. The van der Waals surface area contributed by atoms with Gasteiger partial charge < -0.3 is 0 Å². The second-order valence-corrected chi connectivity index (χ2v) is 7.41. The van der Waals surface area contributed by atoms with Gasteiger partial charge in [0.1, 0.15) is 0 Å². The van der Waals surface area contributed by atoms with Crippen LogP contribution >= 0.6 is 0 Å². The van der Waals surface area contributed by atoms with E-state index in [1.807, 2.05) is 0 Å². The zero-order valence-corrected chi connectivity index (χ0v) is 14.7. The molecule has 0 N–H and O–H groups in total. The first-order valence-corrected chi connectivity index (χ1v) is 8.30. The standard InChI is InChI=1S/C22H25N/c1-15-14-17-10-6-7-12-19(17)21(15)20-13-9-8-11-18(20)16(2)23-22(3,4)5/h6-14,21H,1-5H3/b23-16+. The van der Waals surface area contributed by atoms with E-state index in [2.05, 4.69) is 89.2 Å². The third-order valence-corrected chi connectivity index (χ3v) is 4.31. The topological polar surface area (TPSA) is 12.4 Å². The van der Waals surface area contributed by atoms with Crippen molar-refractivity contribution in [2.45, 2.75) is 46.1 Å². The highest BCUT2D eigenvalue weighted by atomic mass is 14.8. The molecule has 23 heavy (non-hydrogen) atoms. The van der Waals surface area contributed by atoms with Gasteiger partial charge in [0.25, 0.3) is 0 Å². The molecule has 1 nitrogen and oxygen atoms in total. The van der Waals surface area contributed by atoms with E-state index in [0.717, 1.165) is 5.71 Å². The van der Waals surface area contributed by atoms with Crippen LogP contribution in [0.1, 0.15) is 62.8 Å². The molecule has 118 valence electrons. The zero-order chi connectivity index (χ0) is 16.6. The molecule has 1 atom stereocenters. The Morgan fingerprint density at radius 2 is 1.52 bits per heavy atom. The molecule has 0 bridgehead atoms. The number of hydrogen-bond donors (Lipinski definition) is 0. The lowest BCUT2D eigenvalue weighted by molar-refractivity contribution is 0.583. The minimum Gasteiger partial charge on any atom is -0.284 e. The Bertz CT molecular complexity index is 788. The molecule has 0 radical (unpaired) electrons. The molecule has 0 spiro atoms. The summed E-state index contributed by atoms with van der Waals surface area (Å²) in [5.74, 6) is 0.340. The van der Waals surface area contributed by atoms with E-state index in [1.165, 1.54) is 27.8 Å². The summed E-state index contributed by atoms with van der Waals surface area (Å²) in [4.78, 5) is 4.89. The molecule has 2 aromatic rings. The van der Waals surface area contributed by atoms with Gasteiger partial charge in [-0.15, -0.1) is 0 Å². The highest BCUT2D eigenvalue weighted by molar-refractivity contribution is 6.01. The van der Waals surface area contributed by atoms with Crippen molar-refractivity contribution in [3.8, 4) is 0 Å². The van der Waals surface area contributed by atoms with Gasteiger partial charge in [0, 0.05) is 11.6 Å². The fraction of sp³-hybridized carbons (Fsp3) is 0.318. The summed E-state index contributed by atoms with van der Waals surface area (Å²) >= 11 is 0. The molecule has 1 unspecified atom stereocenters. The van der Waals surface area contributed by atoms with Crippen LogP contribution in [0.15, 0.2) is 59.1 Å². The molecule has 1 heteroatoms. The molecule has 1 aliphatic rings. The highest BCUT2D eigenvalue weighted by Crippen LogP contribution is 2.41. The van der Waals surface area contributed by atoms with Crippen LogP contribution in [-0.2, 0) is 0 Å². The van der Waals surface area contributed by atoms with E-state index >= 15 is 0 Å². The van der Waals surface area contributed by atoms with Gasteiger partial charge in [0.2, 0.25) is 0 Å². The van der Waals surface area contributed by atoms with Crippen LogP contribution in [0.25, 0.3) is 6.08 Å². The lowest BCUT2D eigenvalue weighted by atomic mass is 9.85. The predicted octanol–water partition coefficient (Wildman–Crippen LogP) is 5.84. The normalized spacial score (nSPS) is 17.9. The molecular weight excluding hydrogens is 278 g/mol. The molecule has 0 saturated carbocycles. The molecular formula is C22H25N. The Kier molecular flexibility index (Phi) is 3.97. The molecule has 0 aliphatic heterocycles. The molecule has 0 heterocycles. The smallest absolute Gasteiger partial charge is 0.0527 e. The van der Waals surface area contributed by atoms with Crippen molar-refractivity contribution >= 4 is 11.8 Å². The number of rotatable bonds is 2. The minimum absolute atomic E-state index is 0.0599. The van der Waals surface area contributed by atoms with Crippen molar-refractivity contribution in [1.82, 2.24) is 0 Å². The van der Waals surface area contributed by atoms with E-state index in [4.69, 9.17) is 4.99 Å². The van der Waals surface area contributed by atoms with Gasteiger partial charge in [-0.1, -0.05) is 60.2 Å². The number of hydrogen-bond acceptors (Lipinski definition) is 1. The van der Waals surface area contributed by atoms with Gasteiger partial charge in [-0.2, -0.15) is 0 Å². The average molecular weight is 303 g/mol. The fourth-order valence-corrected chi connectivity index (χ4v) is 3.53. The lowest BCUT2D eigenvalue weighted by Crippen LogP contribution is -2.15. The zero-order valence-electron chi connectivity index (χ0n) is 14.7. The lowest BCUT2D eigenvalue weighted by Gasteiger charge is -2.21. The van der Waals surface area contributed by atoms with E-state index < -0.39 is 0 Å². The number of aliphatic imine (C=N–C) groups is 1. The minimum atomic E-state index is -0.0599. The van der Waals surface area contributed by atoms with Crippen molar-refractivity contribution in [3.63, 3.8) is 0 Å². The maximum atomic E-state index is 4.89. The van der Waals surface area contributed by atoms with Gasteiger partial charge in [-0.3, -0.25) is 4.99 Å². The third kappa shape index (κ3) is 3.14. The van der Waals surface area contributed by atoms with Crippen molar-refractivity contribution in [1.29, 1.82) is 0 Å². The average Bonchev–Trinajstić information content (AvgIpc) is 2.81. The maximum absolute atomic E-state index is 4.89. The maximum Gasteiger partial charge on any atom is 0.0527 e. The quantitative estimate of drug-likeness (QED) is 0.618. The monoisotopic (exact) mass is 303 g/mol. The Balaban J connectivity index is 2.13. The number of benzene rings is 2. The molecule has 2 aromatic carbocycles. The van der Waals surface area contributed by atoms with Gasteiger partial charge in [0.15, 0.2) is 0 Å². The van der Waals surface area contributed by atoms with Crippen LogP contribution in [0.2, 0.25) is 0 Å². The Morgan fingerprint density at radius 3 is 2.22 bits per heavy atom. The van der Waals surface area contributed by atoms with E-state index in [9.17, 15) is 0 Å². The first-order chi connectivity index (χ1) is 10.9. The summed E-state index contributed by atoms with van der Waals surface area (Å²) in [5.41, 5.74) is 7.83. The van der Waals surface area contributed by atoms with Crippen molar-refractivity contribution < 1.29 is 0 Å². The summed E-state index contributed by atoms with van der Waals surface area (Å²) in [6.07, 6.45) is 2.31. The van der Waals surface area contributed by atoms with E-state index in [-0.39, 0.29) is 5.54 Å². The number of nitrogens with zero attached hydrogens (tertiary/aromatic N) is 1. The number of allylic oxidation sites excluding steroid dienone is 1. The van der Waals surface area contributed by atoms with Gasteiger partial charge in [0.05, 0.1) is 5.54 Å².